The number of aliphatic carboxylic acids is 1. The van der Waals surface area contributed by atoms with Crippen molar-refractivity contribution in [2.75, 3.05) is 0 Å². The first-order valence-corrected chi connectivity index (χ1v) is 8.23. The van der Waals surface area contributed by atoms with Crippen molar-refractivity contribution < 1.29 is 14.0 Å². The predicted molar refractivity (Wildman–Crippen MR) is 87.1 cm³/mol. The van der Waals surface area contributed by atoms with Crippen molar-refractivity contribution in [2.24, 2.45) is 0 Å². The van der Waals surface area contributed by atoms with Crippen molar-refractivity contribution in [1.29, 1.82) is 0 Å². The summed E-state index contributed by atoms with van der Waals surface area (Å²) in [6.07, 6.45) is 13.9. The molecule has 0 spiro atoms. The van der Waals surface area contributed by atoms with Crippen molar-refractivity contribution in [3.05, 3.63) is 12.2 Å². The Morgan fingerprint density at radius 3 is 1.95 bits per heavy atom. The van der Waals surface area contributed by atoms with E-state index in [-0.39, 0.29) is 0 Å². The number of carbonyl (C=O) groups is 1. The number of hydrogen-bond donors (Lipinski definition) is 1. The van der Waals surface area contributed by atoms with E-state index in [1.807, 2.05) is 0 Å². The SMILES string of the molecule is [2H]C(CCCCC/C=C\CCCCCCCC)C([2H])([2H])C(=O)O. The molecule has 0 saturated heterocycles. The maximum atomic E-state index is 10.7. The molecule has 0 saturated carbocycles. The molecule has 0 aromatic rings. The number of unbranched alkanes of at least 4 members (excludes halogenated alkanes) is 9. The Bertz CT molecular complexity index is 330. The van der Waals surface area contributed by atoms with Gasteiger partial charge in [0.25, 0.3) is 0 Å². The molecule has 0 bridgehead atoms. The molecule has 0 radical (unpaired) electrons. The minimum atomic E-state index is -2.43. The lowest BCUT2D eigenvalue weighted by Crippen LogP contribution is -1.93. The summed E-state index contributed by atoms with van der Waals surface area (Å²) in [4.78, 5) is 10.7. The maximum Gasteiger partial charge on any atom is 0.303 e. The Hall–Kier alpha value is -0.790. The van der Waals surface area contributed by atoms with Gasteiger partial charge >= 0.3 is 5.97 Å². The summed E-state index contributed by atoms with van der Waals surface area (Å²) < 4.78 is 22.2. The van der Waals surface area contributed by atoms with Gasteiger partial charge in [0.2, 0.25) is 0 Å². The van der Waals surface area contributed by atoms with E-state index in [2.05, 4.69) is 19.1 Å². The van der Waals surface area contributed by atoms with Crippen LogP contribution in [0.25, 0.3) is 0 Å². The highest BCUT2D eigenvalue weighted by Crippen LogP contribution is 2.09. The molecule has 0 amide bonds. The van der Waals surface area contributed by atoms with Crippen LogP contribution < -0.4 is 0 Å². The summed E-state index contributed by atoms with van der Waals surface area (Å²) in [5, 5.41) is 8.71. The molecule has 0 aliphatic heterocycles. The van der Waals surface area contributed by atoms with Crippen molar-refractivity contribution in [3.63, 3.8) is 0 Å². The molecule has 2 heteroatoms. The van der Waals surface area contributed by atoms with Gasteiger partial charge < -0.3 is 5.11 Å². The normalized spacial score (nSPS) is 15.8. The van der Waals surface area contributed by atoms with Gasteiger partial charge in [-0.05, 0) is 32.1 Å². The molecule has 2 nitrogen and oxygen atoms in total. The minimum Gasteiger partial charge on any atom is -0.481 e. The van der Waals surface area contributed by atoms with Crippen LogP contribution in [-0.2, 0) is 4.79 Å². The zero-order valence-electron chi connectivity index (χ0n) is 16.1. The summed E-state index contributed by atoms with van der Waals surface area (Å²) in [6.45, 7) is 2.23. The van der Waals surface area contributed by atoms with E-state index in [1.165, 1.54) is 38.5 Å². The van der Waals surface area contributed by atoms with Crippen molar-refractivity contribution >= 4 is 5.97 Å². The maximum absolute atomic E-state index is 10.7. The van der Waals surface area contributed by atoms with Gasteiger partial charge in [0.15, 0.2) is 0 Å². The monoisotopic (exact) mass is 285 g/mol. The molecule has 1 atom stereocenters. The zero-order chi connectivity index (χ0) is 17.6. The van der Waals surface area contributed by atoms with Crippen LogP contribution in [0.4, 0.5) is 0 Å². The molecule has 0 aliphatic carbocycles. The van der Waals surface area contributed by atoms with Crippen LogP contribution in [0, 0.1) is 0 Å². The highest BCUT2D eigenvalue weighted by atomic mass is 16.4. The molecule has 0 fully saturated rings. The summed E-state index contributed by atoms with van der Waals surface area (Å²) in [5.74, 6) is -1.53. The van der Waals surface area contributed by atoms with Crippen LogP contribution >= 0.6 is 0 Å². The fourth-order valence-corrected chi connectivity index (χ4v) is 2.12. The van der Waals surface area contributed by atoms with Gasteiger partial charge in [0.05, 0.1) is 0 Å². The first-order valence-electron chi connectivity index (χ1n) is 9.81. The number of allylic oxidation sites excluding steroid dienone is 2. The average molecular weight is 285 g/mol. The van der Waals surface area contributed by atoms with Crippen LogP contribution in [0.3, 0.4) is 0 Å². The number of carboxylic acids is 1. The van der Waals surface area contributed by atoms with Gasteiger partial charge in [-0.2, -0.15) is 0 Å². The summed E-state index contributed by atoms with van der Waals surface area (Å²) >= 11 is 0. The van der Waals surface area contributed by atoms with Crippen LogP contribution in [0.2, 0.25) is 0 Å². The first-order chi connectivity index (χ1) is 10.9. The minimum absolute atomic E-state index is 0.306. The van der Waals surface area contributed by atoms with E-state index < -0.39 is 18.7 Å². The van der Waals surface area contributed by atoms with E-state index in [1.54, 1.807) is 0 Å². The van der Waals surface area contributed by atoms with Crippen molar-refractivity contribution in [1.82, 2.24) is 0 Å². The molecule has 20 heavy (non-hydrogen) atoms. The standard InChI is InChI=1S/C18H34O2/c1-2-3-4-5-6-7-8-9-10-11-12-13-14-15-16-17-18(19)20/h9-10H,2-8,11-17H2,1H3,(H,19,20)/b10-9-/i16D,17D2. The highest BCUT2D eigenvalue weighted by Gasteiger charge is 1.95. The molecule has 0 aromatic carbocycles. The zero-order valence-corrected chi connectivity index (χ0v) is 13.1. The molecule has 1 N–H and O–H groups in total. The van der Waals surface area contributed by atoms with Crippen LogP contribution in [0.15, 0.2) is 12.2 Å². The van der Waals surface area contributed by atoms with Crippen molar-refractivity contribution in [3.8, 4) is 0 Å². The third-order valence-corrected chi connectivity index (χ3v) is 3.34. The van der Waals surface area contributed by atoms with E-state index in [9.17, 15) is 4.79 Å². The Labute approximate surface area is 129 Å². The number of carboxylic acid groups (broad SMARTS) is 1. The van der Waals surface area contributed by atoms with E-state index in [0.717, 1.165) is 25.7 Å². The van der Waals surface area contributed by atoms with E-state index in [4.69, 9.17) is 9.22 Å². The van der Waals surface area contributed by atoms with Gasteiger partial charge in [-0.1, -0.05) is 70.4 Å². The largest absolute Gasteiger partial charge is 0.481 e. The van der Waals surface area contributed by atoms with Crippen LogP contribution in [-0.4, -0.2) is 11.1 Å². The molecular weight excluding hydrogens is 248 g/mol. The molecule has 0 rings (SSSR count). The topological polar surface area (TPSA) is 37.3 Å². The molecule has 0 heterocycles. The fraction of sp³-hybridized carbons (Fsp3) is 0.833. The van der Waals surface area contributed by atoms with Gasteiger partial charge in [-0.15, -0.1) is 0 Å². The van der Waals surface area contributed by atoms with Gasteiger partial charge in [-0.3, -0.25) is 4.79 Å². The highest BCUT2D eigenvalue weighted by molar-refractivity contribution is 5.66. The second kappa shape index (κ2) is 16.3. The second-order valence-electron chi connectivity index (χ2n) is 5.32. The Morgan fingerprint density at radius 2 is 1.40 bits per heavy atom. The molecule has 0 aliphatic rings. The smallest absolute Gasteiger partial charge is 0.303 e. The second-order valence-corrected chi connectivity index (χ2v) is 5.32. The third-order valence-electron chi connectivity index (χ3n) is 3.34. The van der Waals surface area contributed by atoms with E-state index in [0.29, 0.717) is 12.8 Å². The van der Waals surface area contributed by atoms with Gasteiger partial charge in [-0.25, -0.2) is 0 Å². The number of rotatable bonds is 15. The predicted octanol–water partition coefficient (Wildman–Crippen LogP) is 6.11. The van der Waals surface area contributed by atoms with Crippen LogP contribution in [0.5, 0.6) is 0 Å². The fourth-order valence-electron chi connectivity index (χ4n) is 2.12. The number of hydrogen-bond acceptors (Lipinski definition) is 1. The lowest BCUT2D eigenvalue weighted by Gasteiger charge is -1.99. The van der Waals surface area contributed by atoms with Gasteiger partial charge in [0, 0.05) is 10.5 Å². The Morgan fingerprint density at radius 1 is 0.900 bits per heavy atom. The quantitative estimate of drug-likeness (QED) is 0.291. The first kappa shape index (κ1) is 14.2. The summed E-state index contributed by atoms with van der Waals surface area (Å²) in [7, 11) is 0. The molecule has 118 valence electrons. The molecular formula is C18H34O2. The summed E-state index contributed by atoms with van der Waals surface area (Å²) in [5.41, 5.74) is 0. The van der Waals surface area contributed by atoms with Crippen LogP contribution in [0.1, 0.15) is 101 Å². The third kappa shape index (κ3) is 17.2. The Balaban J connectivity index is 3.45. The lowest BCUT2D eigenvalue weighted by atomic mass is 10.1. The molecule has 1 unspecified atom stereocenters. The van der Waals surface area contributed by atoms with Gasteiger partial charge in [0.1, 0.15) is 0 Å². The van der Waals surface area contributed by atoms with E-state index >= 15 is 0 Å². The lowest BCUT2D eigenvalue weighted by molar-refractivity contribution is -0.137. The average Bonchev–Trinajstić information content (AvgIpc) is 2.51. The summed E-state index contributed by atoms with van der Waals surface area (Å²) in [6, 6.07) is 0. The van der Waals surface area contributed by atoms with Crippen molar-refractivity contribution in [2.45, 2.75) is 96.7 Å². The Kier molecular flexibility index (Phi) is 11.5. The molecule has 0 aromatic heterocycles.